The average Bonchev–Trinajstić information content (AvgIpc) is 3.34. The average molecular weight is 594 g/mol. The zero-order chi connectivity index (χ0) is 31.5. The number of hydrogen-bond donors (Lipinski definition) is 0. The number of benzene rings is 6. The number of amidine groups is 2. The first-order valence-corrected chi connectivity index (χ1v) is 15.7. The molecular weight excluding hydrogens is 558 g/mol. The van der Waals surface area contributed by atoms with Gasteiger partial charge in [-0.1, -0.05) is 147 Å². The van der Waals surface area contributed by atoms with E-state index in [0.717, 1.165) is 22.3 Å². The topological polar surface area (TPSA) is 37.1 Å². The van der Waals surface area contributed by atoms with Gasteiger partial charge < -0.3 is 0 Å². The van der Waals surface area contributed by atoms with Crippen molar-refractivity contribution in [3.63, 3.8) is 0 Å². The van der Waals surface area contributed by atoms with Crippen molar-refractivity contribution in [3.8, 4) is 33.4 Å². The standard InChI is InChI=1S/C43H35N3/c1-43(2)39-27-34(31-16-9-5-10-17-31)22-24-37(39)38-25-23-35(28-40(38)43)33-20-13-21-36(26-33)42(45-29-30-14-7-4-8-15-30)46-41(44-3)32-18-11-6-12-19-32/h4-28H,3,29H2,1-2H3. The molecule has 0 amide bonds. The van der Waals surface area contributed by atoms with Crippen molar-refractivity contribution in [3.05, 3.63) is 179 Å². The third-order valence-electron chi connectivity index (χ3n) is 8.89. The minimum Gasteiger partial charge on any atom is -0.261 e. The summed E-state index contributed by atoms with van der Waals surface area (Å²) in [6.07, 6.45) is 0. The molecular formula is C43H35N3. The van der Waals surface area contributed by atoms with E-state index in [2.05, 4.69) is 129 Å². The summed E-state index contributed by atoms with van der Waals surface area (Å²) in [5.41, 5.74) is 12.9. The maximum Gasteiger partial charge on any atom is 0.161 e. The lowest BCUT2D eigenvalue weighted by atomic mass is 9.81. The van der Waals surface area contributed by atoms with Crippen LogP contribution in [0.25, 0.3) is 33.4 Å². The number of hydrogen-bond acceptors (Lipinski definition) is 1. The van der Waals surface area contributed by atoms with Gasteiger partial charge in [-0.25, -0.2) is 9.98 Å². The van der Waals surface area contributed by atoms with Crippen molar-refractivity contribution in [2.24, 2.45) is 15.0 Å². The Morgan fingerprint density at radius 2 is 1.04 bits per heavy atom. The normalized spacial score (nSPS) is 13.6. The van der Waals surface area contributed by atoms with E-state index in [1.807, 2.05) is 48.5 Å². The lowest BCUT2D eigenvalue weighted by Crippen LogP contribution is -2.15. The lowest BCUT2D eigenvalue weighted by molar-refractivity contribution is 0.661. The van der Waals surface area contributed by atoms with E-state index >= 15 is 0 Å². The predicted octanol–water partition coefficient (Wildman–Crippen LogP) is 10.4. The molecule has 0 unspecified atom stereocenters. The van der Waals surface area contributed by atoms with Gasteiger partial charge in [-0.3, -0.25) is 4.99 Å². The van der Waals surface area contributed by atoms with Crippen molar-refractivity contribution in [1.82, 2.24) is 0 Å². The second-order valence-corrected chi connectivity index (χ2v) is 12.2. The zero-order valence-corrected chi connectivity index (χ0v) is 26.2. The van der Waals surface area contributed by atoms with Crippen LogP contribution in [-0.4, -0.2) is 18.4 Å². The summed E-state index contributed by atoms with van der Waals surface area (Å²) in [5.74, 6) is 1.17. The monoisotopic (exact) mass is 593 g/mol. The highest BCUT2D eigenvalue weighted by atomic mass is 15.0. The molecule has 0 spiro atoms. The van der Waals surface area contributed by atoms with Crippen LogP contribution in [-0.2, 0) is 12.0 Å². The van der Waals surface area contributed by atoms with Gasteiger partial charge in [0.15, 0.2) is 11.7 Å². The number of aliphatic imine (C=N–C) groups is 3. The van der Waals surface area contributed by atoms with Gasteiger partial charge in [0.25, 0.3) is 0 Å². The first-order chi connectivity index (χ1) is 22.5. The number of fused-ring (bicyclic) bond motifs is 3. The van der Waals surface area contributed by atoms with Crippen LogP contribution in [0.4, 0.5) is 0 Å². The highest BCUT2D eigenvalue weighted by Crippen LogP contribution is 2.50. The highest BCUT2D eigenvalue weighted by molar-refractivity contribution is 6.13. The van der Waals surface area contributed by atoms with E-state index in [-0.39, 0.29) is 5.41 Å². The molecule has 222 valence electrons. The van der Waals surface area contributed by atoms with Crippen LogP contribution in [0.1, 0.15) is 41.7 Å². The SMILES string of the molecule is C=NC(=NC(=NCc1ccccc1)c1cccc(-c2ccc3c(c2)C(C)(C)c2cc(-c4ccccc4)ccc2-3)c1)c1ccccc1. The number of rotatable bonds is 6. The van der Waals surface area contributed by atoms with Gasteiger partial charge in [0.1, 0.15) is 0 Å². The molecule has 0 radical (unpaired) electrons. The van der Waals surface area contributed by atoms with Crippen LogP contribution < -0.4 is 0 Å². The molecule has 0 saturated carbocycles. The van der Waals surface area contributed by atoms with Gasteiger partial charge in [-0.15, -0.1) is 0 Å². The summed E-state index contributed by atoms with van der Waals surface area (Å²) in [4.78, 5) is 14.2. The highest BCUT2D eigenvalue weighted by Gasteiger charge is 2.35. The molecule has 1 aliphatic rings. The molecule has 3 heteroatoms. The molecule has 1 aliphatic carbocycles. The molecule has 7 rings (SSSR count). The Morgan fingerprint density at radius 1 is 0.522 bits per heavy atom. The first-order valence-electron chi connectivity index (χ1n) is 15.7. The lowest BCUT2D eigenvalue weighted by Gasteiger charge is -2.22. The Labute approximate surface area is 271 Å². The largest absolute Gasteiger partial charge is 0.261 e. The van der Waals surface area contributed by atoms with Crippen LogP contribution in [0, 0.1) is 0 Å². The third kappa shape index (κ3) is 5.64. The van der Waals surface area contributed by atoms with E-state index in [1.54, 1.807) is 0 Å². The predicted molar refractivity (Wildman–Crippen MR) is 194 cm³/mol. The van der Waals surface area contributed by atoms with Crippen molar-refractivity contribution in [2.45, 2.75) is 25.8 Å². The fourth-order valence-electron chi connectivity index (χ4n) is 6.38. The molecule has 0 fully saturated rings. The van der Waals surface area contributed by atoms with Crippen molar-refractivity contribution in [2.75, 3.05) is 0 Å². The van der Waals surface area contributed by atoms with Crippen LogP contribution in [0.15, 0.2) is 167 Å². The molecule has 0 aromatic heterocycles. The fourth-order valence-corrected chi connectivity index (χ4v) is 6.38. The molecule has 0 heterocycles. The van der Waals surface area contributed by atoms with Gasteiger partial charge in [-0.05, 0) is 75.0 Å². The van der Waals surface area contributed by atoms with Crippen molar-refractivity contribution in [1.29, 1.82) is 0 Å². The quantitative estimate of drug-likeness (QED) is 0.136. The third-order valence-corrected chi connectivity index (χ3v) is 8.89. The van der Waals surface area contributed by atoms with E-state index in [9.17, 15) is 0 Å². The summed E-state index contributed by atoms with van der Waals surface area (Å²) in [6.45, 7) is 9.00. The van der Waals surface area contributed by atoms with Crippen molar-refractivity contribution >= 4 is 18.4 Å². The maximum atomic E-state index is 4.99. The maximum absolute atomic E-state index is 4.99. The summed E-state index contributed by atoms with van der Waals surface area (Å²) >= 11 is 0. The Kier molecular flexibility index (Phi) is 7.82. The molecule has 6 aromatic rings. The van der Waals surface area contributed by atoms with Gasteiger partial charge >= 0.3 is 0 Å². The molecule has 0 N–H and O–H groups in total. The first kappa shape index (κ1) is 29.1. The molecule has 46 heavy (non-hydrogen) atoms. The van der Waals surface area contributed by atoms with Gasteiger partial charge in [0.2, 0.25) is 0 Å². The molecule has 3 nitrogen and oxygen atoms in total. The molecule has 0 saturated heterocycles. The smallest absolute Gasteiger partial charge is 0.161 e. The summed E-state index contributed by atoms with van der Waals surface area (Å²) in [6, 6.07) is 53.1. The minimum atomic E-state index is -0.129. The second kappa shape index (κ2) is 12.4. The van der Waals surface area contributed by atoms with Crippen molar-refractivity contribution < 1.29 is 0 Å². The van der Waals surface area contributed by atoms with Crippen LogP contribution >= 0.6 is 0 Å². The summed E-state index contributed by atoms with van der Waals surface area (Å²) in [7, 11) is 0. The van der Waals surface area contributed by atoms with Crippen LogP contribution in [0.5, 0.6) is 0 Å². The Hall–Kier alpha value is -5.67. The van der Waals surface area contributed by atoms with Gasteiger partial charge in [0.05, 0.1) is 6.54 Å². The Bertz CT molecular complexity index is 2090. The molecule has 6 aromatic carbocycles. The zero-order valence-electron chi connectivity index (χ0n) is 26.2. The van der Waals surface area contributed by atoms with Gasteiger partial charge in [0, 0.05) is 16.5 Å². The van der Waals surface area contributed by atoms with E-state index < -0.39 is 0 Å². The second-order valence-electron chi connectivity index (χ2n) is 12.2. The minimum absolute atomic E-state index is 0.129. The Balaban J connectivity index is 1.27. The molecule has 0 aliphatic heterocycles. The fraction of sp³-hybridized carbons (Fsp3) is 0.0930. The summed E-state index contributed by atoms with van der Waals surface area (Å²) in [5, 5.41) is 0. The van der Waals surface area contributed by atoms with Crippen LogP contribution in [0.2, 0.25) is 0 Å². The molecule has 0 atom stereocenters. The van der Waals surface area contributed by atoms with E-state index in [4.69, 9.17) is 9.98 Å². The number of nitrogens with zero attached hydrogens (tertiary/aromatic N) is 3. The van der Waals surface area contributed by atoms with Crippen LogP contribution in [0.3, 0.4) is 0 Å². The van der Waals surface area contributed by atoms with Gasteiger partial charge in [-0.2, -0.15) is 0 Å². The molecule has 0 bridgehead atoms. The van der Waals surface area contributed by atoms with E-state index in [1.165, 1.54) is 38.9 Å². The Morgan fingerprint density at radius 3 is 1.67 bits per heavy atom. The summed E-state index contributed by atoms with van der Waals surface area (Å²) < 4.78 is 0. The van der Waals surface area contributed by atoms with E-state index in [0.29, 0.717) is 18.2 Å².